The Bertz CT molecular complexity index is 1340. The van der Waals surface area contributed by atoms with Gasteiger partial charge >= 0.3 is 5.97 Å². The number of ether oxygens (including phenoxy) is 1. The van der Waals surface area contributed by atoms with Gasteiger partial charge in [-0.25, -0.2) is 9.18 Å². The van der Waals surface area contributed by atoms with Gasteiger partial charge in [-0.1, -0.05) is 29.8 Å². The number of rotatable bonds is 4. The van der Waals surface area contributed by atoms with Crippen LogP contribution in [-0.2, 0) is 23.2 Å². The smallest absolute Gasteiger partial charge is 0.331 e. The second-order valence-electron chi connectivity index (χ2n) is 6.60. The fourth-order valence-electron chi connectivity index (χ4n) is 3.10. The topological polar surface area (TPSA) is 78.5 Å². The van der Waals surface area contributed by atoms with Gasteiger partial charge in [0.05, 0.1) is 10.9 Å². The normalized spacial score (nSPS) is 11.6. The summed E-state index contributed by atoms with van der Waals surface area (Å²) in [6, 6.07) is 11.6. The van der Waals surface area contributed by atoms with Gasteiger partial charge in [0.1, 0.15) is 5.82 Å². The third-order valence-corrected chi connectivity index (χ3v) is 4.59. The summed E-state index contributed by atoms with van der Waals surface area (Å²) < 4.78 is 21.9. The lowest BCUT2D eigenvalue weighted by molar-refractivity contribution is -0.139. The molecule has 146 valence electrons. The highest BCUT2D eigenvalue weighted by Crippen LogP contribution is 2.16. The Hall–Kier alpha value is -3.81. The molecule has 4 rings (SSSR count). The molecule has 0 saturated carbocycles. The van der Waals surface area contributed by atoms with E-state index in [2.05, 4.69) is 10.2 Å². The van der Waals surface area contributed by atoms with Gasteiger partial charge in [0.2, 0.25) is 5.78 Å². The Morgan fingerprint density at radius 1 is 1.21 bits per heavy atom. The quantitative estimate of drug-likeness (QED) is 0.394. The lowest BCUT2D eigenvalue weighted by Crippen LogP contribution is -2.20. The second kappa shape index (κ2) is 7.31. The zero-order valence-corrected chi connectivity index (χ0v) is 15.8. The van der Waals surface area contributed by atoms with Crippen molar-refractivity contribution in [2.45, 2.75) is 13.5 Å². The summed E-state index contributed by atoms with van der Waals surface area (Å²) in [7, 11) is 1.61. The number of carbonyl (C=O) groups excluding carboxylic acids is 1. The Kier molecular flexibility index (Phi) is 4.67. The first kappa shape index (κ1) is 18.5. The Balaban J connectivity index is 1.64. The summed E-state index contributed by atoms with van der Waals surface area (Å²) in [6.45, 7) is 1.75. The van der Waals surface area contributed by atoms with Crippen molar-refractivity contribution < 1.29 is 13.9 Å². The van der Waals surface area contributed by atoms with Crippen molar-refractivity contribution in [2.24, 2.45) is 7.05 Å². The summed E-state index contributed by atoms with van der Waals surface area (Å²) in [5, 5.41) is 8.64. The molecule has 0 aliphatic heterocycles. The highest BCUT2D eigenvalue weighted by molar-refractivity contribution is 5.87. The van der Waals surface area contributed by atoms with Gasteiger partial charge in [-0.15, -0.1) is 10.2 Å². The number of esters is 1. The zero-order valence-electron chi connectivity index (χ0n) is 15.8. The van der Waals surface area contributed by atoms with E-state index in [1.807, 2.05) is 19.1 Å². The lowest BCUT2D eigenvalue weighted by Gasteiger charge is -2.08. The van der Waals surface area contributed by atoms with E-state index in [0.717, 1.165) is 11.6 Å². The monoisotopic (exact) mass is 392 g/mol. The van der Waals surface area contributed by atoms with E-state index in [1.54, 1.807) is 35.7 Å². The van der Waals surface area contributed by atoms with Crippen LogP contribution in [0.5, 0.6) is 0 Å². The molecule has 0 N–H and O–H groups in total. The van der Waals surface area contributed by atoms with Gasteiger partial charge < -0.3 is 4.74 Å². The van der Waals surface area contributed by atoms with E-state index in [1.165, 1.54) is 16.7 Å². The summed E-state index contributed by atoms with van der Waals surface area (Å²) in [6.07, 6.45) is 2.50. The highest BCUT2D eigenvalue weighted by Gasteiger charge is 2.15. The molecule has 4 aromatic rings. The molecular weight excluding hydrogens is 375 g/mol. The van der Waals surface area contributed by atoms with Crippen LogP contribution in [0.2, 0.25) is 0 Å². The molecule has 0 fully saturated rings. The fourth-order valence-corrected chi connectivity index (χ4v) is 3.10. The Labute approximate surface area is 164 Å². The highest BCUT2D eigenvalue weighted by atomic mass is 19.1. The first-order valence-corrected chi connectivity index (χ1v) is 8.88. The third kappa shape index (κ3) is 3.40. The molecule has 0 saturated heterocycles. The first-order chi connectivity index (χ1) is 14.0. The van der Waals surface area contributed by atoms with E-state index in [-0.39, 0.29) is 17.7 Å². The molecule has 0 bridgehead atoms. The number of hydrogen-bond donors (Lipinski definition) is 0. The number of benzene rings is 2. The maximum Gasteiger partial charge on any atom is 0.331 e. The third-order valence-electron chi connectivity index (χ3n) is 4.59. The Morgan fingerprint density at radius 3 is 2.79 bits per heavy atom. The van der Waals surface area contributed by atoms with E-state index in [4.69, 9.17) is 4.74 Å². The first-order valence-electron chi connectivity index (χ1n) is 8.88. The minimum Gasteiger partial charge on any atom is -0.454 e. The minimum absolute atomic E-state index is 0.150. The average Bonchev–Trinajstić information content (AvgIpc) is 3.14. The standard InChI is InChI=1S/C21H17FN4O3/c1-13-7-9-17-15(11-13)20(28)25(2)21-24-23-18(26(17)21)12-29-19(27)10-8-14-5-3-4-6-16(14)22/h3-11H,12H2,1-2H3. The molecule has 0 aliphatic carbocycles. The van der Waals surface area contributed by atoms with Crippen LogP contribution in [0.1, 0.15) is 17.0 Å². The van der Waals surface area contributed by atoms with Crippen LogP contribution in [0.25, 0.3) is 22.8 Å². The van der Waals surface area contributed by atoms with Crippen molar-refractivity contribution in [3.63, 3.8) is 0 Å². The maximum atomic E-state index is 13.6. The van der Waals surface area contributed by atoms with Gasteiger partial charge in [0, 0.05) is 18.7 Å². The van der Waals surface area contributed by atoms with E-state index >= 15 is 0 Å². The molecular formula is C21H17FN4O3. The van der Waals surface area contributed by atoms with Crippen LogP contribution in [-0.4, -0.2) is 25.1 Å². The molecule has 0 unspecified atom stereocenters. The fraction of sp³-hybridized carbons (Fsp3) is 0.143. The van der Waals surface area contributed by atoms with E-state index in [0.29, 0.717) is 22.5 Å². The van der Waals surface area contributed by atoms with Gasteiger partial charge in [-0.3, -0.25) is 13.8 Å². The van der Waals surface area contributed by atoms with Crippen molar-refractivity contribution in [3.05, 3.63) is 81.7 Å². The van der Waals surface area contributed by atoms with Crippen LogP contribution >= 0.6 is 0 Å². The number of aromatic nitrogens is 4. The minimum atomic E-state index is -0.644. The largest absolute Gasteiger partial charge is 0.454 e. The van der Waals surface area contributed by atoms with Crippen LogP contribution in [0, 0.1) is 12.7 Å². The number of halogens is 1. The molecule has 0 radical (unpaired) electrons. The SMILES string of the molecule is Cc1ccc2c(c1)c(=O)n(C)c1nnc(COC(=O)C=Cc3ccccc3F)n21. The molecule has 2 heterocycles. The molecule has 0 aliphatic rings. The number of nitrogens with zero attached hydrogens (tertiary/aromatic N) is 4. The van der Waals surface area contributed by atoms with Crippen molar-refractivity contribution in [3.8, 4) is 0 Å². The van der Waals surface area contributed by atoms with Crippen molar-refractivity contribution >= 4 is 28.7 Å². The van der Waals surface area contributed by atoms with Gasteiger partial charge in [0.25, 0.3) is 5.56 Å². The van der Waals surface area contributed by atoms with Gasteiger partial charge in [-0.05, 0) is 31.2 Å². The van der Waals surface area contributed by atoms with Crippen LogP contribution in [0.3, 0.4) is 0 Å². The average molecular weight is 392 g/mol. The molecule has 2 aromatic carbocycles. The van der Waals surface area contributed by atoms with Crippen LogP contribution in [0.4, 0.5) is 4.39 Å². The lowest BCUT2D eigenvalue weighted by atomic mass is 10.1. The molecule has 2 aromatic heterocycles. The maximum absolute atomic E-state index is 13.6. The summed E-state index contributed by atoms with van der Waals surface area (Å²) in [5.74, 6) is -0.353. The number of fused-ring (bicyclic) bond motifs is 3. The molecule has 7 nitrogen and oxygen atoms in total. The van der Waals surface area contributed by atoms with Crippen molar-refractivity contribution in [1.29, 1.82) is 0 Å². The number of hydrogen-bond acceptors (Lipinski definition) is 5. The summed E-state index contributed by atoms with van der Waals surface area (Å²) in [4.78, 5) is 24.6. The predicted octanol–water partition coefficient (Wildman–Crippen LogP) is 2.79. The van der Waals surface area contributed by atoms with Crippen LogP contribution < -0.4 is 5.56 Å². The van der Waals surface area contributed by atoms with Crippen molar-refractivity contribution in [1.82, 2.24) is 19.2 Å². The molecule has 0 amide bonds. The molecule has 29 heavy (non-hydrogen) atoms. The Morgan fingerprint density at radius 2 is 2.00 bits per heavy atom. The van der Waals surface area contributed by atoms with Crippen molar-refractivity contribution in [2.75, 3.05) is 0 Å². The van der Waals surface area contributed by atoms with Gasteiger partial charge in [-0.2, -0.15) is 0 Å². The predicted molar refractivity (Wildman–Crippen MR) is 106 cm³/mol. The number of carbonyl (C=O) groups is 1. The summed E-state index contributed by atoms with van der Waals surface area (Å²) in [5.41, 5.74) is 1.69. The van der Waals surface area contributed by atoms with E-state index < -0.39 is 11.8 Å². The molecule has 8 heteroatoms. The molecule has 0 spiro atoms. The van der Waals surface area contributed by atoms with E-state index in [9.17, 15) is 14.0 Å². The second-order valence-corrected chi connectivity index (χ2v) is 6.60. The molecule has 0 atom stereocenters. The van der Waals surface area contributed by atoms with Crippen LogP contribution in [0.15, 0.2) is 53.3 Å². The zero-order chi connectivity index (χ0) is 20.5. The summed E-state index contributed by atoms with van der Waals surface area (Å²) >= 11 is 0. The number of aryl methyl sites for hydroxylation is 2. The van der Waals surface area contributed by atoms with Gasteiger partial charge in [0.15, 0.2) is 12.4 Å².